The van der Waals surface area contributed by atoms with Crippen LogP contribution in [0.2, 0.25) is 0 Å². The van der Waals surface area contributed by atoms with E-state index in [0.29, 0.717) is 11.3 Å². The largest absolute Gasteiger partial charge is 0.308 e. The monoisotopic (exact) mass is 377 g/mol. The van der Waals surface area contributed by atoms with Crippen LogP contribution >= 0.6 is 39.5 Å². The first kappa shape index (κ1) is 16.7. The average Bonchev–Trinajstić information content (AvgIpc) is 2.80. The van der Waals surface area contributed by atoms with Crippen molar-refractivity contribution in [2.75, 3.05) is 18.1 Å². The molecule has 3 unspecified atom stereocenters. The van der Waals surface area contributed by atoms with Crippen LogP contribution in [0.1, 0.15) is 38.4 Å². The second-order valence-electron chi connectivity index (χ2n) is 5.09. The Kier molecular flexibility index (Phi) is 6.78. The van der Waals surface area contributed by atoms with Gasteiger partial charge in [0.05, 0.1) is 22.4 Å². The Labute approximate surface area is 139 Å². The summed E-state index contributed by atoms with van der Waals surface area (Å²) >= 11 is 7.94. The lowest BCUT2D eigenvalue weighted by Gasteiger charge is -2.36. The Morgan fingerprint density at radius 1 is 1.45 bits per heavy atom. The molecule has 1 aromatic heterocycles. The zero-order valence-corrected chi connectivity index (χ0v) is 15.7. The number of thioether (sulfide) groups is 2. The maximum absolute atomic E-state index is 4.40. The van der Waals surface area contributed by atoms with E-state index in [1.165, 1.54) is 23.6 Å². The van der Waals surface area contributed by atoms with Crippen molar-refractivity contribution in [1.82, 2.24) is 15.1 Å². The molecule has 0 aliphatic carbocycles. The molecular formula is C14H24BrN3S2. The third-order valence-corrected chi connectivity index (χ3v) is 7.63. The summed E-state index contributed by atoms with van der Waals surface area (Å²) in [7, 11) is 2.04. The number of rotatable bonds is 6. The van der Waals surface area contributed by atoms with Gasteiger partial charge in [-0.15, -0.1) is 0 Å². The number of nitrogens with zero attached hydrogens (tertiary/aromatic N) is 2. The number of hydrogen-bond acceptors (Lipinski definition) is 4. The molecule has 6 heteroatoms. The molecule has 1 aliphatic rings. The van der Waals surface area contributed by atoms with Gasteiger partial charge in [0.25, 0.3) is 0 Å². The highest BCUT2D eigenvalue weighted by Gasteiger charge is 2.35. The lowest BCUT2D eigenvalue weighted by molar-refractivity contribution is 0.467. The van der Waals surface area contributed by atoms with Crippen molar-refractivity contribution in [3.8, 4) is 0 Å². The molecule has 0 bridgehead atoms. The van der Waals surface area contributed by atoms with E-state index in [9.17, 15) is 0 Å². The fourth-order valence-corrected chi connectivity index (χ4v) is 6.50. The van der Waals surface area contributed by atoms with E-state index in [1.807, 2.05) is 17.9 Å². The van der Waals surface area contributed by atoms with Gasteiger partial charge in [0.1, 0.15) is 0 Å². The molecule has 1 saturated heterocycles. The molecule has 0 aromatic carbocycles. The molecule has 0 spiro atoms. The van der Waals surface area contributed by atoms with Gasteiger partial charge in [0, 0.05) is 29.1 Å². The van der Waals surface area contributed by atoms with Crippen LogP contribution < -0.4 is 5.32 Å². The van der Waals surface area contributed by atoms with Crippen LogP contribution in [0.4, 0.5) is 0 Å². The van der Waals surface area contributed by atoms with Gasteiger partial charge in [0.15, 0.2) is 0 Å². The molecule has 0 saturated carbocycles. The Hall–Kier alpha value is 0.350. The zero-order valence-electron chi connectivity index (χ0n) is 12.4. The van der Waals surface area contributed by atoms with Gasteiger partial charge < -0.3 is 5.32 Å². The molecule has 0 amide bonds. The quantitative estimate of drug-likeness (QED) is 0.814. The summed E-state index contributed by atoms with van der Waals surface area (Å²) in [5.74, 6) is 2.54. The Morgan fingerprint density at radius 2 is 2.20 bits per heavy atom. The molecular weight excluding hydrogens is 354 g/mol. The highest BCUT2D eigenvalue weighted by molar-refractivity contribution is 9.10. The number of nitrogens with one attached hydrogen (secondary N) is 1. The van der Waals surface area contributed by atoms with Crippen molar-refractivity contribution in [2.24, 2.45) is 7.05 Å². The average molecular weight is 378 g/mol. The lowest BCUT2D eigenvalue weighted by atomic mass is 10.0. The predicted octanol–water partition coefficient (Wildman–Crippen LogP) is 3.85. The normalized spacial score (nSPS) is 24.8. The van der Waals surface area contributed by atoms with E-state index < -0.39 is 0 Å². The Balaban J connectivity index is 2.26. The fourth-order valence-electron chi connectivity index (χ4n) is 2.69. The first-order chi connectivity index (χ1) is 9.69. The van der Waals surface area contributed by atoms with E-state index in [2.05, 4.69) is 63.7 Å². The van der Waals surface area contributed by atoms with Crippen molar-refractivity contribution in [1.29, 1.82) is 0 Å². The van der Waals surface area contributed by atoms with Gasteiger partial charge in [-0.3, -0.25) is 4.68 Å². The first-order valence-corrected chi connectivity index (χ1v) is 10.2. The molecule has 1 aromatic rings. The number of halogens is 1. The molecule has 1 aliphatic heterocycles. The van der Waals surface area contributed by atoms with Crippen molar-refractivity contribution in [2.45, 2.75) is 43.2 Å². The molecule has 2 heterocycles. The third kappa shape index (κ3) is 3.76. The van der Waals surface area contributed by atoms with E-state index >= 15 is 0 Å². The molecule has 0 radical (unpaired) electrons. The maximum atomic E-state index is 4.40. The summed E-state index contributed by atoms with van der Waals surface area (Å²) in [6, 6.07) is 0.375. The third-order valence-electron chi connectivity index (χ3n) is 3.67. The van der Waals surface area contributed by atoms with Crippen molar-refractivity contribution in [3.05, 3.63) is 16.4 Å². The summed E-state index contributed by atoms with van der Waals surface area (Å²) in [4.78, 5) is 0. The predicted molar refractivity (Wildman–Crippen MR) is 94.7 cm³/mol. The Bertz CT molecular complexity index is 405. The minimum Gasteiger partial charge on any atom is -0.308 e. The molecule has 3 nitrogen and oxygen atoms in total. The van der Waals surface area contributed by atoms with Crippen LogP contribution in [-0.2, 0) is 7.05 Å². The molecule has 20 heavy (non-hydrogen) atoms. The van der Waals surface area contributed by atoms with Gasteiger partial charge in [-0.2, -0.15) is 28.6 Å². The van der Waals surface area contributed by atoms with Crippen molar-refractivity contribution < 1.29 is 0 Å². The standard InChI is InChI=1S/C14H24BrN3S2/c1-4-6-16-12(13-10(15)9-17-18(13)3)14-11(5-2)19-7-8-20-14/h9,11-12,14,16H,4-8H2,1-3H3. The van der Waals surface area contributed by atoms with Crippen LogP contribution in [0.5, 0.6) is 0 Å². The summed E-state index contributed by atoms with van der Waals surface area (Å²) in [6.45, 7) is 5.59. The minimum absolute atomic E-state index is 0.375. The molecule has 114 valence electrons. The molecule has 1 N–H and O–H groups in total. The van der Waals surface area contributed by atoms with Gasteiger partial charge in [-0.05, 0) is 35.3 Å². The molecule has 2 rings (SSSR count). The second kappa shape index (κ2) is 8.11. The topological polar surface area (TPSA) is 29.9 Å². The zero-order chi connectivity index (χ0) is 14.5. The maximum Gasteiger partial charge on any atom is 0.0704 e. The number of aromatic nitrogens is 2. The van der Waals surface area contributed by atoms with Crippen molar-refractivity contribution >= 4 is 39.5 Å². The van der Waals surface area contributed by atoms with Crippen LogP contribution in [0.3, 0.4) is 0 Å². The van der Waals surface area contributed by atoms with Gasteiger partial charge in [-0.25, -0.2) is 0 Å². The van der Waals surface area contributed by atoms with E-state index in [4.69, 9.17) is 0 Å². The van der Waals surface area contributed by atoms with Gasteiger partial charge in [-0.1, -0.05) is 13.8 Å². The second-order valence-corrected chi connectivity index (χ2v) is 8.57. The minimum atomic E-state index is 0.375. The van der Waals surface area contributed by atoms with Crippen LogP contribution in [0.15, 0.2) is 10.7 Å². The van der Waals surface area contributed by atoms with E-state index in [1.54, 1.807) is 0 Å². The summed E-state index contributed by atoms with van der Waals surface area (Å²) in [5.41, 5.74) is 1.29. The smallest absolute Gasteiger partial charge is 0.0704 e. The molecule has 3 atom stereocenters. The summed E-state index contributed by atoms with van der Waals surface area (Å²) < 4.78 is 3.14. The van der Waals surface area contributed by atoms with Crippen molar-refractivity contribution in [3.63, 3.8) is 0 Å². The van der Waals surface area contributed by atoms with Crippen LogP contribution in [0, 0.1) is 0 Å². The lowest BCUT2D eigenvalue weighted by Crippen LogP contribution is -2.40. The van der Waals surface area contributed by atoms with Gasteiger partial charge in [0.2, 0.25) is 0 Å². The first-order valence-electron chi connectivity index (χ1n) is 7.33. The van der Waals surface area contributed by atoms with E-state index in [-0.39, 0.29) is 0 Å². The highest BCUT2D eigenvalue weighted by atomic mass is 79.9. The summed E-state index contributed by atoms with van der Waals surface area (Å²) in [6.07, 6.45) is 4.31. The van der Waals surface area contributed by atoms with Crippen LogP contribution in [-0.4, -0.2) is 38.3 Å². The highest BCUT2D eigenvalue weighted by Crippen LogP contribution is 2.41. The fraction of sp³-hybridized carbons (Fsp3) is 0.786. The van der Waals surface area contributed by atoms with Gasteiger partial charge >= 0.3 is 0 Å². The number of hydrogen-bond donors (Lipinski definition) is 1. The summed E-state index contributed by atoms with van der Waals surface area (Å²) in [5, 5.41) is 9.52. The molecule has 1 fully saturated rings. The Morgan fingerprint density at radius 3 is 2.80 bits per heavy atom. The number of aryl methyl sites for hydroxylation is 1. The SMILES string of the molecule is CCCNC(c1c(Br)cnn1C)C1SCCSC1CC. The van der Waals surface area contributed by atoms with E-state index in [0.717, 1.165) is 22.7 Å². The van der Waals surface area contributed by atoms with Crippen LogP contribution in [0.25, 0.3) is 0 Å².